The van der Waals surface area contributed by atoms with Gasteiger partial charge in [-0.3, -0.25) is 0 Å². The predicted molar refractivity (Wildman–Crippen MR) is 94.4 cm³/mol. The number of benzene rings is 2. The summed E-state index contributed by atoms with van der Waals surface area (Å²) in [6, 6.07) is 8.49. The quantitative estimate of drug-likeness (QED) is 0.783. The molecule has 0 spiro atoms. The fourth-order valence-corrected chi connectivity index (χ4v) is 4.49. The minimum Gasteiger partial charge on any atom is -0.492 e. The predicted octanol–water partition coefficient (Wildman–Crippen LogP) is 3.09. The van der Waals surface area contributed by atoms with Gasteiger partial charge in [0, 0.05) is 13.1 Å². The summed E-state index contributed by atoms with van der Waals surface area (Å²) in [5, 5.41) is 0. The normalized spacial score (nSPS) is 15.5. The molecule has 0 fully saturated rings. The van der Waals surface area contributed by atoms with Crippen molar-refractivity contribution in [2.75, 3.05) is 26.7 Å². The van der Waals surface area contributed by atoms with Gasteiger partial charge in [0.1, 0.15) is 16.5 Å². The number of hydrogen-bond acceptors (Lipinski definition) is 4. The van der Waals surface area contributed by atoms with Crippen LogP contribution in [0.3, 0.4) is 0 Å². The molecule has 6 heteroatoms. The molecule has 0 atom stereocenters. The molecule has 0 saturated carbocycles. The summed E-state index contributed by atoms with van der Waals surface area (Å²) in [6.07, 6.45) is 1.66. The molecule has 1 aliphatic rings. The van der Waals surface area contributed by atoms with Crippen LogP contribution in [-0.4, -0.2) is 40.1 Å². The Morgan fingerprint density at radius 2 is 1.68 bits per heavy atom. The van der Waals surface area contributed by atoms with Gasteiger partial charge in [-0.1, -0.05) is 0 Å². The Hall–Kier alpha value is -1.92. The minimum absolute atomic E-state index is 0.0699. The number of fused-ring (bicyclic) bond motifs is 1. The van der Waals surface area contributed by atoms with E-state index in [1.165, 1.54) is 12.1 Å². The second-order valence-electron chi connectivity index (χ2n) is 6.26. The summed E-state index contributed by atoms with van der Waals surface area (Å²) in [7, 11) is -1.71. The summed E-state index contributed by atoms with van der Waals surface area (Å²) >= 11 is 0. The van der Waals surface area contributed by atoms with Crippen LogP contribution in [0.25, 0.3) is 0 Å². The van der Waals surface area contributed by atoms with Gasteiger partial charge in [0.05, 0.1) is 11.5 Å². The van der Waals surface area contributed by atoms with Crippen LogP contribution < -0.4 is 4.74 Å². The van der Waals surface area contributed by atoms with E-state index < -0.39 is 15.7 Å². The Kier molecular flexibility index (Phi) is 5.11. The molecule has 0 N–H and O–H groups in total. The smallest absolute Gasteiger partial charge is 0.210 e. The van der Waals surface area contributed by atoms with Gasteiger partial charge < -0.3 is 9.64 Å². The van der Waals surface area contributed by atoms with Gasteiger partial charge in [0.15, 0.2) is 0 Å². The molecule has 0 bridgehead atoms. The third kappa shape index (κ3) is 3.70. The van der Waals surface area contributed by atoms with E-state index >= 15 is 0 Å². The largest absolute Gasteiger partial charge is 0.492 e. The number of nitrogens with zero attached hydrogens (tertiary/aromatic N) is 1. The molecular weight excluding hydrogens is 341 g/mol. The fourth-order valence-electron chi connectivity index (χ4n) is 3.06. The molecule has 0 aromatic heterocycles. The second-order valence-corrected chi connectivity index (χ2v) is 8.18. The van der Waals surface area contributed by atoms with Gasteiger partial charge in [-0.05, 0) is 74.3 Å². The first-order chi connectivity index (χ1) is 11.9. The van der Waals surface area contributed by atoms with Gasteiger partial charge in [0.25, 0.3) is 0 Å². The molecule has 1 aliphatic heterocycles. The molecule has 0 amide bonds. The average molecular weight is 363 g/mol. The number of sulfone groups is 1. The summed E-state index contributed by atoms with van der Waals surface area (Å²) in [5.41, 5.74) is 2.17. The standard InChI is InChI=1S/C19H22FNO3S/c1-3-24-18-12-14-8-10-21(2)11-9-15(14)13-19(18)25(22,23)17-6-4-16(20)5-7-17/h4-7,12-13H,3,8-11H2,1-2H3. The van der Waals surface area contributed by atoms with Crippen LogP contribution in [0.1, 0.15) is 18.1 Å². The van der Waals surface area contributed by atoms with Crippen LogP contribution in [0.4, 0.5) is 4.39 Å². The van der Waals surface area contributed by atoms with Gasteiger partial charge in [-0.25, -0.2) is 12.8 Å². The van der Waals surface area contributed by atoms with Crippen molar-refractivity contribution in [1.29, 1.82) is 0 Å². The lowest BCUT2D eigenvalue weighted by atomic mass is 10.0. The highest BCUT2D eigenvalue weighted by Gasteiger charge is 2.25. The molecular formula is C19H22FNO3S. The minimum atomic E-state index is -3.77. The van der Waals surface area contributed by atoms with Crippen molar-refractivity contribution in [3.05, 3.63) is 53.3 Å². The van der Waals surface area contributed by atoms with E-state index in [4.69, 9.17) is 4.74 Å². The van der Waals surface area contributed by atoms with Crippen molar-refractivity contribution in [3.8, 4) is 5.75 Å². The molecule has 0 unspecified atom stereocenters. The maximum Gasteiger partial charge on any atom is 0.210 e. The van der Waals surface area contributed by atoms with E-state index in [-0.39, 0.29) is 9.79 Å². The number of halogens is 1. The third-order valence-electron chi connectivity index (χ3n) is 4.50. The molecule has 4 nitrogen and oxygen atoms in total. The van der Waals surface area contributed by atoms with Crippen molar-refractivity contribution < 1.29 is 17.5 Å². The lowest BCUT2D eigenvalue weighted by Crippen LogP contribution is -2.20. The molecule has 25 heavy (non-hydrogen) atoms. The maximum atomic E-state index is 13.2. The maximum absolute atomic E-state index is 13.2. The zero-order chi connectivity index (χ0) is 18.0. The molecule has 0 aliphatic carbocycles. The molecule has 0 saturated heterocycles. The van der Waals surface area contributed by atoms with E-state index in [2.05, 4.69) is 11.9 Å². The molecule has 134 valence electrons. The van der Waals surface area contributed by atoms with E-state index in [9.17, 15) is 12.8 Å². The van der Waals surface area contributed by atoms with Crippen LogP contribution in [0.2, 0.25) is 0 Å². The molecule has 2 aromatic carbocycles. The van der Waals surface area contributed by atoms with Gasteiger partial charge in [-0.15, -0.1) is 0 Å². The average Bonchev–Trinajstić information content (AvgIpc) is 2.76. The molecule has 0 radical (unpaired) electrons. The number of rotatable bonds is 4. The van der Waals surface area contributed by atoms with Crippen LogP contribution in [0, 0.1) is 5.82 Å². The SMILES string of the molecule is CCOc1cc2c(cc1S(=O)(=O)c1ccc(F)cc1)CCN(C)CC2. The van der Waals surface area contributed by atoms with E-state index in [1.54, 1.807) is 6.07 Å². The van der Waals surface area contributed by atoms with Crippen molar-refractivity contribution in [2.24, 2.45) is 0 Å². The first-order valence-electron chi connectivity index (χ1n) is 8.39. The van der Waals surface area contributed by atoms with Crippen LogP contribution in [0.15, 0.2) is 46.2 Å². The van der Waals surface area contributed by atoms with Crippen LogP contribution in [0.5, 0.6) is 5.75 Å². The Bertz CT molecular complexity index is 863. The molecule has 2 aromatic rings. The van der Waals surface area contributed by atoms with E-state index in [0.29, 0.717) is 12.4 Å². The van der Waals surface area contributed by atoms with Gasteiger partial charge >= 0.3 is 0 Å². The lowest BCUT2D eigenvalue weighted by molar-refractivity contribution is 0.330. The summed E-state index contributed by atoms with van der Waals surface area (Å²) in [4.78, 5) is 2.46. The van der Waals surface area contributed by atoms with E-state index in [1.807, 2.05) is 13.0 Å². The fraction of sp³-hybridized carbons (Fsp3) is 0.368. The highest BCUT2D eigenvalue weighted by Crippen LogP contribution is 2.33. The highest BCUT2D eigenvalue weighted by atomic mass is 32.2. The Balaban J connectivity index is 2.12. The van der Waals surface area contributed by atoms with Gasteiger partial charge in [0.2, 0.25) is 9.84 Å². The monoisotopic (exact) mass is 363 g/mol. The van der Waals surface area contributed by atoms with Crippen LogP contribution >= 0.6 is 0 Å². The van der Waals surface area contributed by atoms with Crippen molar-refractivity contribution in [3.63, 3.8) is 0 Å². The zero-order valence-electron chi connectivity index (χ0n) is 14.5. The first-order valence-corrected chi connectivity index (χ1v) is 9.88. The van der Waals surface area contributed by atoms with E-state index in [0.717, 1.165) is 49.2 Å². The Labute approximate surface area is 148 Å². The van der Waals surface area contributed by atoms with Crippen molar-refractivity contribution in [2.45, 2.75) is 29.6 Å². The molecule has 3 rings (SSSR count). The van der Waals surface area contributed by atoms with Crippen LogP contribution in [-0.2, 0) is 22.7 Å². The van der Waals surface area contributed by atoms with Crippen molar-refractivity contribution >= 4 is 9.84 Å². The van der Waals surface area contributed by atoms with Crippen molar-refractivity contribution in [1.82, 2.24) is 4.90 Å². The zero-order valence-corrected chi connectivity index (χ0v) is 15.3. The second kappa shape index (κ2) is 7.14. The topological polar surface area (TPSA) is 46.6 Å². The van der Waals surface area contributed by atoms with Gasteiger partial charge in [-0.2, -0.15) is 0 Å². The summed E-state index contributed by atoms with van der Waals surface area (Å²) in [5.74, 6) is -0.0934. The summed E-state index contributed by atoms with van der Waals surface area (Å²) < 4.78 is 44.9. The number of hydrogen-bond donors (Lipinski definition) is 0. The molecule has 1 heterocycles. The highest BCUT2D eigenvalue weighted by molar-refractivity contribution is 7.91. The first kappa shape index (κ1) is 17.9. The summed E-state index contributed by atoms with van der Waals surface area (Å²) in [6.45, 7) is 4.03. The third-order valence-corrected chi connectivity index (χ3v) is 6.30. The number of ether oxygens (including phenoxy) is 1. The number of likely N-dealkylation sites (N-methyl/N-ethyl adjacent to an activating group) is 1. The Morgan fingerprint density at radius 3 is 2.28 bits per heavy atom. The lowest BCUT2D eigenvalue weighted by Gasteiger charge is -2.15. The Morgan fingerprint density at radius 1 is 1.08 bits per heavy atom.